The van der Waals surface area contributed by atoms with Gasteiger partial charge in [-0.3, -0.25) is 0 Å². The standard InChI is InChI=1S/C54H69O3P/c1-49(2,3)38-25-36-28-45(53(13,14)15)47(32-41(36)43(30-38)51(7,8)9)56-58(55-40-24-23-34-21-19-20-22-35(34)27-40)57-48-33-42-37(29-46(48)54(16,17)18)26-39(50(4,5)6)31-44(42)52(10,11)12/h19-33H,1-18H3. The van der Waals surface area contributed by atoms with Crippen LogP contribution in [0, 0.1) is 0 Å². The maximum atomic E-state index is 7.23. The normalized spacial score (nSPS) is 13.5. The quantitative estimate of drug-likeness (QED) is 0.157. The van der Waals surface area contributed by atoms with Crippen molar-refractivity contribution < 1.29 is 13.6 Å². The Balaban J connectivity index is 1.59. The summed E-state index contributed by atoms with van der Waals surface area (Å²) in [5, 5.41) is 7.09. The summed E-state index contributed by atoms with van der Waals surface area (Å²) in [7, 11) is -2.01. The monoisotopic (exact) mass is 796 g/mol. The van der Waals surface area contributed by atoms with Crippen molar-refractivity contribution >= 4 is 40.9 Å². The second-order valence-electron chi connectivity index (χ2n) is 22.7. The van der Waals surface area contributed by atoms with Crippen LogP contribution in [0.15, 0.2) is 91.0 Å². The Morgan fingerprint density at radius 2 is 0.724 bits per heavy atom. The van der Waals surface area contributed by atoms with Crippen molar-refractivity contribution in [3.8, 4) is 17.2 Å². The Bertz CT molecular complexity index is 2350. The van der Waals surface area contributed by atoms with E-state index in [1.54, 1.807) is 0 Å². The van der Waals surface area contributed by atoms with E-state index in [0.717, 1.165) is 33.4 Å². The van der Waals surface area contributed by atoms with Crippen molar-refractivity contribution in [3.05, 3.63) is 124 Å². The molecule has 0 saturated heterocycles. The molecule has 58 heavy (non-hydrogen) atoms. The summed E-state index contributed by atoms with van der Waals surface area (Å²) in [6, 6.07) is 33.3. The van der Waals surface area contributed by atoms with Gasteiger partial charge in [-0.1, -0.05) is 179 Å². The minimum atomic E-state index is -2.01. The predicted octanol–water partition coefficient (Wildman–Crippen LogP) is 16.7. The van der Waals surface area contributed by atoms with Crippen LogP contribution in [0.5, 0.6) is 17.2 Å². The van der Waals surface area contributed by atoms with Crippen molar-refractivity contribution in [1.82, 2.24) is 0 Å². The molecule has 308 valence electrons. The van der Waals surface area contributed by atoms with Crippen molar-refractivity contribution in [2.24, 2.45) is 0 Å². The van der Waals surface area contributed by atoms with E-state index in [-0.39, 0.29) is 32.5 Å². The molecule has 6 aromatic carbocycles. The summed E-state index contributed by atoms with van der Waals surface area (Å²) in [5.74, 6) is 2.27. The van der Waals surface area contributed by atoms with Gasteiger partial charge >= 0.3 is 8.60 Å². The Kier molecular flexibility index (Phi) is 11.2. The zero-order chi connectivity index (χ0) is 43.0. The molecule has 0 atom stereocenters. The first kappa shape index (κ1) is 43.5. The van der Waals surface area contributed by atoms with E-state index < -0.39 is 8.60 Å². The summed E-state index contributed by atoms with van der Waals surface area (Å²) in [5.41, 5.74) is 6.88. The number of benzene rings is 6. The number of fused-ring (bicyclic) bond motifs is 3. The maximum Gasteiger partial charge on any atom is 0.530 e. The van der Waals surface area contributed by atoms with E-state index >= 15 is 0 Å². The molecule has 0 unspecified atom stereocenters. The molecular formula is C54H69O3P. The topological polar surface area (TPSA) is 27.7 Å². The summed E-state index contributed by atoms with van der Waals surface area (Å²) in [6.45, 7) is 41.1. The van der Waals surface area contributed by atoms with Gasteiger partial charge < -0.3 is 13.6 Å². The first-order valence-corrected chi connectivity index (χ1v) is 22.2. The van der Waals surface area contributed by atoms with Gasteiger partial charge in [-0.2, -0.15) is 0 Å². The zero-order valence-electron chi connectivity index (χ0n) is 38.8. The van der Waals surface area contributed by atoms with Gasteiger partial charge in [0.25, 0.3) is 0 Å². The first-order chi connectivity index (χ1) is 26.5. The minimum absolute atomic E-state index is 0.00685. The predicted molar refractivity (Wildman–Crippen MR) is 253 cm³/mol. The van der Waals surface area contributed by atoms with Crippen LogP contribution in [0.1, 0.15) is 158 Å². The van der Waals surface area contributed by atoms with Crippen molar-refractivity contribution in [1.29, 1.82) is 0 Å². The van der Waals surface area contributed by atoms with Crippen LogP contribution >= 0.6 is 8.60 Å². The van der Waals surface area contributed by atoms with Crippen LogP contribution < -0.4 is 13.6 Å². The first-order valence-electron chi connectivity index (χ1n) is 21.1. The Hall–Kier alpha value is -4.07. The van der Waals surface area contributed by atoms with Gasteiger partial charge in [-0.05, 0) is 123 Å². The molecule has 0 heterocycles. The molecule has 0 fully saturated rings. The molecule has 0 saturated carbocycles. The molecule has 0 aromatic heterocycles. The molecule has 3 nitrogen and oxygen atoms in total. The molecule has 0 amide bonds. The van der Waals surface area contributed by atoms with Crippen molar-refractivity contribution in [2.45, 2.75) is 157 Å². The van der Waals surface area contributed by atoms with Crippen molar-refractivity contribution in [2.75, 3.05) is 0 Å². The van der Waals surface area contributed by atoms with Crippen LogP contribution in [-0.2, 0) is 32.5 Å². The van der Waals surface area contributed by atoms with Gasteiger partial charge in [0.15, 0.2) is 0 Å². The third-order valence-corrected chi connectivity index (χ3v) is 12.4. The fourth-order valence-electron chi connectivity index (χ4n) is 7.74. The Labute approximate surface area is 351 Å². The number of hydrogen-bond donors (Lipinski definition) is 0. The van der Waals surface area contributed by atoms with E-state index in [0.29, 0.717) is 5.75 Å². The van der Waals surface area contributed by atoms with Crippen LogP contribution in [-0.4, -0.2) is 0 Å². The molecule has 4 heteroatoms. The van der Waals surface area contributed by atoms with E-state index in [1.165, 1.54) is 43.8 Å². The Morgan fingerprint density at radius 1 is 0.328 bits per heavy atom. The lowest BCUT2D eigenvalue weighted by Gasteiger charge is -2.31. The highest BCUT2D eigenvalue weighted by Gasteiger charge is 2.32. The molecule has 0 aliphatic rings. The molecule has 6 rings (SSSR count). The lowest BCUT2D eigenvalue weighted by atomic mass is 9.76. The average Bonchev–Trinajstić information content (AvgIpc) is 3.07. The van der Waals surface area contributed by atoms with Crippen LogP contribution in [0.4, 0.5) is 0 Å². The molecule has 0 N–H and O–H groups in total. The number of rotatable bonds is 6. The highest BCUT2D eigenvalue weighted by Crippen LogP contribution is 2.51. The summed E-state index contributed by atoms with van der Waals surface area (Å²) >= 11 is 0. The zero-order valence-corrected chi connectivity index (χ0v) is 39.7. The average molecular weight is 797 g/mol. The second-order valence-corrected chi connectivity index (χ2v) is 23.7. The van der Waals surface area contributed by atoms with Crippen LogP contribution in [0.3, 0.4) is 0 Å². The Morgan fingerprint density at radius 3 is 1.10 bits per heavy atom. The van der Waals surface area contributed by atoms with Gasteiger partial charge in [0.05, 0.1) is 0 Å². The third kappa shape index (κ3) is 9.37. The largest absolute Gasteiger partial charge is 0.530 e. The molecule has 6 aromatic rings. The highest BCUT2D eigenvalue weighted by molar-refractivity contribution is 7.43. The van der Waals surface area contributed by atoms with E-state index in [9.17, 15) is 0 Å². The molecule has 0 aliphatic heterocycles. The van der Waals surface area contributed by atoms with E-state index in [4.69, 9.17) is 13.6 Å². The summed E-state index contributed by atoms with van der Waals surface area (Å²) < 4.78 is 21.4. The van der Waals surface area contributed by atoms with Gasteiger partial charge in [-0.25, -0.2) is 0 Å². The van der Waals surface area contributed by atoms with E-state index in [1.807, 2.05) is 6.07 Å². The molecule has 0 radical (unpaired) electrons. The van der Waals surface area contributed by atoms with Gasteiger partial charge in [0.1, 0.15) is 17.2 Å². The van der Waals surface area contributed by atoms with Crippen LogP contribution in [0.2, 0.25) is 0 Å². The summed E-state index contributed by atoms with van der Waals surface area (Å²) in [6.07, 6.45) is 0. The molecule has 0 aliphatic carbocycles. The molecule has 0 bridgehead atoms. The van der Waals surface area contributed by atoms with E-state index in [2.05, 4.69) is 210 Å². The third-order valence-electron chi connectivity index (χ3n) is 11.3. The lowest BCUT2D eigenvalue weighted by molar-refractivity contribution is 0.378. The highest BCUT2D eigenvalue weighted by atomic mass is 31.2. The lowest BCUT2D eigenvalue weighted by Crippen LogP contribution is -2.19. The SMILES string of the molecule is CC(C)(C)c1cc(C(C)(C)C)c2cc(OP(Oc3ccc4ccccc4c3)Oc3cc4c(C(C)(C)C)cc(C(C)(C)C)cc4cc3C(C)(C)C)c(C(C)(C)C)cc2c1. The number of hydrogen-bond acceptors (Lipinski definition) is 3. The molecular weight excluding hydrogens is 728 g/mol. The van der Waals surface area contributed by atoms with Crippen LogP contribution in [0.25, 0.3) is 32.3 Å². The second kappa shape index (κ2) is 14.9. The smallest absolute Gasteiger partial charge is 0.408 e. The minimum Gasteiger partial charge on any atom is -0.408 e. The molecule has 0 spiro atoms. The maximum absolute atomic E-state index is 7.23. The fraction of sp³-hybridized carbons (Fsp3) is 0.444. The van der Waals surface area contributed by atoms with Gasteiger partial charge in [0, 0.05) is 11.1 Å². The fourth-order valence-corrected chi connectivity index (χ4v) is 8.76. The van der Waals surface area contributed by atoms with Crippen molar-refractivity contribution in [3.63, 3.8) is 0 Å². The van der Waals surface area contributed by atoms with Gasteiger partial charge in [-0.15, -0.1) is 0 Å². The van der Waals surface area contributed by atoms with Gasteiger partial charge in [0.2, 0.25) is 0 Å². The summed E-state index contributed by atoms with van der Waals surface area (Å²) in [4.78, 5) is 0.